The average Bonchev–Trinajstić information content (AvgIpc) is 2.90. The minimum Gasteiger partial charge on any atom is -0.344 e. The molecule has 0 bridgehead atoms. The van der Waals surface area contributed by atoms with E-state index in [2.05, 4.69) is 32.9 Å². The van der Waals surface area contributed by atoms with Crippen molar-refractivity contribution in [3.05, 3.63) is 41.6 Å². The summed E-state index contributed by atoms with van der Waals surface area (Å²) >= 11 is 9.22. The van der Waals surface area contributed by atoms with E-state index >= 15 is 0 Å². The van der Waals surface area contributed by atoms with Gasteiger partial charge in [-0.25, -0.2) is 0 Å². The molecule has 140 valence electrons. The highest BCUT2D eigenvalue weighted by atomic mass is 79.9. The van der Waals surface area contributed by atoms with Crippen molar-refractivity contribution in [1.29, 1.82) is 0 Å². The molecular formula is C18H22BrClN4O2. The molecule has 8 heteroatoms. The van der Waals surface area contributed by atoms with Crippen LogP contribution in [0.1, 0.15) is 12.5 Å². The molecule has 1 aliphatic heterocycles. The molecule has 1 heterocycles. The lowest BCUT2D eigenvalue weighted by Crippen LogP contribution is -2.35. The zero-order valence-corrected chi connectivity index (χ0v) is 17.3. The standard InChI is InChI=1S/C18H22BrClN4O2/c1-5-12-8-6-7-9-14(12)21-17(25)15-13(10-23(3)18(15)26)16(19)22-24(4)11(2)20/h6-9,13,15H,2,5,10H2,1,3-4H3,(H,21,25)/b22-16-/t13-,15-/m0/s1. The van der Waals surface area contributed by atoms with Crippen LogP contribution >= 0.6 is 27.5 Å². The third-order valence-corrected chi connectivity index (χ3v) is 5.35. The zero-order chi connectivity index (χ0) is 19.4. The van der Waals surface area contributed by atoms with Crippen LogP contribution in [0.5, 0.6) is 0 Å². The summed E-state index contributed by atoms with van der Waals surface area (Å²) in [7, 11) is 3.32. The second-order valence-electron chi connectivity index (χ2n) is 6.13. The van der Waals surface area contributed by atoms with Crippen LogP contribution in [0.25, 0.3) is 0 Å². The molecule has 2 atom stereocenters. The molecule has 0 aromatic heterocycles. The molecule has 1 aromatic carbocycles. The topological polar surface area (TPSA) is 65.0 Å². The number of carbonyl (C=O) groups excluding carboxylic acids is 2. The van der Waals surface area contributed by atoms with Crippen LogP contribution in [-0.2, 0) is 16.0 Å². The number of aryl methyl sites for hydroxylation is 1. The molecule has 0 unspecified atom stereocenters. The van der Waals surface area contributed by atoms with Crippen LogP contribution < -0.4 is 5.32 Å². The van der Waals surface area contributed by atoms with Gasteiger partial charge in [-0.1, -0.05) is 43.3 Å². The molecule has 0 aliphatic carbocycles. The number of likely N-dealkylation sites (tertiary alicyclic amines) is 1. The quantitative estimate of drug-likeness (QED) is 0.319. The monoisotopic (exact) mass is 440 g/mol. The number of amides is 2. The highest BCUT2D eigenvalue weighted by molar-refractivity contribution is 9.18. The van der Waals surface area contributed by atoms with Crippen molar-refractivity contribution in [3.63, 3.8) is 0 Å². The number of anilines is 1. The van der Waals surface area contributed by atoms with E-state index in [1.165, 1.54) is 9.91 Å². The Morgan fingerprint density at radius 3 is 2.77 bits per heavy atom. The lowest BCUT2D eigenvalue weighted by atomic mass is 9.95. The van der Waals surface area contributed by atoms with Gasteiger partial charge in [-0.15, -0.1) is 0 Å². The van der Waals surface area contributed by atoms with E-state index in [0.717, 1.165) is 17.7 Å². The van der Waals surface area contributed by atoms with Gasteiger partial charge in [0, 0.05) is 32.2 Å². The average molecular weight is 442 g/mol. The number of rotatable bonds is 6. The van der Waals surface area contributed by atoms with E-state index < -0.39 is 11.8 Å². The lowest BCUT2D eigenvalue weighted by Gasteiger charge is -2.18. The molecule has 0 radical (unpaired) electrons. The van der Waals surface area contributed by atoms with Crippen molar-refractivity contribution in [3.8, 4) is 0 Å². The van der Waals surface area contributed by atoms with E-state index in [0.29, 0.717) is 11.2 Å². The normalized spacial score (nSPS) is 20.3. The number of halogens is 2. The van der Waals surface area contributed by atoms with E-state index in [-0.39, 0.29) is 17.0 Å². The molecule has 1 aliphatic rings. The number of benzene rings is 1. The number of nitrogens with one attached hydrogen (secondary N) is 1. The molecule has 26 heavy (non-hydrogen) atoms. The maximum atomic E-state index is 12.9. The fourth-order valence-electron chi connectivity index (χ4n) is 2.84. The first-order valence-corrected chi connectivity index (χ1v) is 9.39. The van der Waals surface area contributed by atoms with Crippen molar-refractivity contribution in [2.45, 2.75) is 13.3 Å². The molecule has 0 saturated carbocycles. The maximum absolute atomic E-state index is 12.9. The smallest absolute Gasteiger partial charge is 0.237 e. The van der Waals surface area contributed by atoms with Crippen LogP contribution in [0, 0.1) is 11.8 Å². The molecular weight excluding hydrogens is 420 g/mol. The van der Waals surface area contributed by atoms with Crippen molar-refractivity contribution >= 4 is 49.7 Å². The highest BCUT2D eigenvalue weighted by Crippen LogP contribution is 2.30. The molecule has 1 fully saturated rings. The molecule has 6 nitrogen and oxygen atoms in total. The Morgan fingerprint density at radius 2 is 2.15 bits per heavy atom. The highest BCUT2D eigenvalue weighted by Gasteiger charge is 2.45. The van der Waals surface area contributed by atoms with Crippen molar-refractivity contribution in [1.82, 2.24) is 9.91 Å². The van der Waals surface area contributed by atoms with Crippen molar-refractivity contribution in [2.24, 2.45) is 16.9 Å². The fraction of sp³-hybridized carbons (Fsp3) is 0.389. The van der Waals surface area contributed by atoms with Gasteiger partial charge in [0.25, 0.3) is 0 Å². The summed E-state index contributed by atoms with van der Waals surface area (Å²) in [5.41, 5.74) is 1.74. The lowest BCUT2D eigenvalue weighted by molar-refractivity contribution is -0.135. The SMILES string of the molecule is C=C(Cl)N(C)/N=C(\Br)[C@H]1CN(C)C(=O)[C@@H]1C(=O)Nc1ccccc1CC. The van der Waals surface area contributed by atoms with Gasteiger partial charge in [-0.3, -0.25) is 14.6 Å². The summed E-state index contributed by atoms with van der Waals surface area (Å²) in [6, 6.07) is 7.56. The minimum atomic E-state index is -0.861. The van der Waals surface area contributed by atoms with E-state index in [4.69, 9.17) is 11.6 Å². The maximum Gasteiger partial charge on any atom is 0.237 e. The first-order valence-electron chi connectivity index (χ1n) is 8.22. The zero-order valence-electron chi connectivity index (χ0n) is 15.0. The second kappa shape index (κ2) is 8.68. The molecule has 1 N–H and O–H groups in total. The summed E-state index contributed by atoms with van der Waals surface area (Å²) in [4.78, 5) is 27.0. The molecule has 2 amide bonds. The van der Waals surface area contributed by atoms with Crippen molar-refractivity contribution in [2.75, 3.05) is 26.0 Å². The van der Waals surface area contributed by atoms with Gasteiger partial charge in [0.2, 0.25) is 11.8 Å². The van der Waals surface area contributed by atoms with Gasteiger partial charge >= 0.3 is 0 Å². The van der Waals surface area contributed by atoms with E-state index in [1.54, 1.807) is 14.1 Å². The number of hydrazone groups is 1. The number of hydrogen-bond donors (Lipinski definition) is 1. The molecule has 2 rings (SSSR count). The van der Waals surface area contributed by atoms with E-state index in [1.807, 2.05) is 31.2 Å². The molecule has 1 aromatic rings. The van der Waals surface area contributed by atoms with Gasteiger partial charge < -0.3 is 10.2 Å². The van der Waals surface area contributed by atoms with Gasteiger partial charge in [-0.2, -0.15) is 5.10 Å². The number of hydrogen-bond acceptors (Lipinski definition) is 4. The first-order chi connectivity index (χ1) is 12.3. The summed E-state index contributed by atoms with van der Waals surface area (Å²) in [5.74, 6) is -1.84. The van der Waals surface area contributed by atoms with Crippen molar-refractivity contribution < 1.29 is 9.59 Å². The Balaban J connectivity index is 2.27. The number of para-hydroxylation sites is 1. The van der Waals surface area contributed by atoms with Gasteiger partial charge in [-0.05, 0) is 34.0 Å². The van der Waals surface area contributed by atoms with Crippen LogP contribution in [0.4, 0.5) is 5.69 Å². The summed E-state index contributed by atoms with van der Waals surface area (Å²) < 4.78 is 0.475. The Kier molecular flexibility index (Phi) is 6.83. The third-order valence-electron chi connectivity index (χ3n) is 4.36. The van der Waals surface area contributed by atoms with Crippen LogP contribution in [0.15, 0.2) is 41.1 Å². The second-order valence-corrected chi connectivity index (χ2v) is 7.37. The predicted molar refractivity (Wildman–Crippen MR) is 108 cm³/mol. The summed E-state index contributed by atoms with van der Waals surface area (Å²) in [5, 5.41) is 8.79. The Hall–Kier alpha value is -1.86. The van der Waals surface area contributed by atoms with Gasteiger partial charge in [0.1, 0.15) is 15.7 Å². The fourth-order valence-corrected chi connectivity index (χ4v) is 3.53. The summed E-state index contributed by atoms with van der Waals surface area (Å²) in [6.45, 7) is 6.00. The third kappa shape index (κ3) is 4.45. The Bertz CT molecular complexity index is 752. The first kappa shape index (κ1) is 20.5. The number of carbonyl (C=O) groups is 2. The molecule has 1 saturated heterocycles. The molecule has 0 spiro atoms. The van der Waals surface area contributed by atoms with E-state index in [9.17, 15) is 9.59 Å². The predicted octanol–water partition coefficient (Wildman–Crippen LogP) is 3.24. The van der Waals surface area contributed by atoms with Gasteiger partial charge in [0.15, 0.2) is 0 Å². The Labute approximate surface area is 167 Å². The largest absolute Gasteiger partial charge is 0.344 e. The van der Waals surface area contributed by atoms with Crippen LogP contribution in [0.3, 0.4) is 0 Å². The van der Waals surface area contributed by atoms with Gasteiger partial charge in [0.05, 0.1) is 0 Å². The Morgan fingerprint density at radius 1 is 1.50 bits per heavy atom. The summed E-state index contributed by atoms with van der Waals surface area (Å²) in [6.07, 6.45) is 0.784. The minimum absolute atomic E-state index is 0.234. The van der Waals surface area contributed by atoms with Crippen LogP contribution in [0.2, 0.25) is 0 Å². The number of nitrogens with zero attached hydrogens (tertiary/aromatic N) is 3. The van der Waals surface area contributed by atoms with Crippen LogP contribution in [-0.4, -0.2) is 47.0 Å².